The molecule has 0 atom stereocenters. The molecule has 1 aliphatic heterocycles. The SMILES string of the molecule is CCNc1snnc1CN1CCCSCC1. The molecule has 0 amide bonds. The lowest BCUT2D eigenvalue weighted by atomic mass is 10.3. The summed E-state index contributed by atoms with van der Waals surface area (Å²) in [6.07, 6.45) is 1.29. The van der Waals surface area contributed by atoms with E-state index in [4.69, 9.17) is 0 Å². The fraction of sp³-hybridized carbons (Fsp3) is 0.800. The number of hydrogen-bond acceptors (Lipinski definition) is 6. The van der Waals surface area contributed by atoms with Crippen molar-refractivity contribution < 1.29 is 0 Å². The molecule has 1 aliphatic rings. The van der Waals surface area contributed by atoms with E-state index in [1.54, 1.807) is 0 Å². The van der Waals surface area contributed by atoms with Gasteiger partial charge >= 0.3 is 0 Å². The number of anilines is 1. The summed E-state index contributed by atoms with van der Waals surface area (Å²) >= 11 is 3.52. The lowest BCUT2D eigenvalue weighted by molar-refractivity contribution is 0.284. The van der Waals surface area contributed by atoms with E-state index in [2.05, 4.69) is 38.5 Å². The van der Waals surface area contributed by atoms with Crippen molar-refractivity contribution >= 4 is 28.3 Å². The van der Waals surface area contributed by atoms with E-state index >= 15 is 0 Å². The fourth-order valence-corrected chi connectivity index (χ4v) is 3.34. The highest BCUT2D eigenvalue weighted by Crippen LogP contribution is 2.20. The van der Waals surface area contributed by atoms with Crippen molar-refractivity contribution in [3.05, 3.63) is 5.69 Å². The van der Waals surface area contributed by atoms with Gasteiger partial charge in [-0.1, -0.05) is 4.49 Å². The maximum absolute atomic E-state index is 4.22. The number of thioether (sulfide) groups is 1. The quantitative estimate of drug-likeness (QED) is 0.893. The van der Waals surface area contributed by atoms with Crippen LogP contribution in [0.1, 0.15) is 19.0 Å². The first kappa shape index (κ1) is 12.1. The monoisotopic (exact) mass is 258 g/mol. The summed E-state index contributed by atoms with van der Waals surface area (Å²) in [5.41, 5.74) is 1.11. The summed E-state index contributed by atoms with van der Waals surface area (Å²) in [6.45, 7) is 6.35. The van der Waals surface area contributed by atoms with Crippen LogP contribution < -0.4 is 5.32 Å². The van der Waals surface area contributed by atoms with Gasteiger partial charge in [0.25, 0.3) is 0 Å². The lowest BCUT2D eigenvalue weighted by Crippen LogP contribution is -2.26. The normalized spacial score (nSPS) is 18.3. The van der Waals surface area contributed by atoms with Crippen molar-refractivity contribution in [3.8, 4) is 0 Å². The standard InChI is InChI=1S/C10H18N4S2/c1-2-11-10-9(12-13-16-10)8-14-4-3-6-15-7-5-14/h11H,2-8H2,1H3. The van der Waals surface area contributed by atoms with Gasteiger partial charge in [-0.25, -0.2) is 0 Å². The molecule has 1 N–H and O–H groups in total. The number of hydrogen-bond donors (Lipinski definition) is 1. The summed E-state index contributed by atoms with van der Waals surface area (Å²) in [7, 11) is 0. The van der Waals surface area contributed by atoms with Crippen LogP contribution in [0.3, 0.4) is 0 Å². The van der Waals surface area contributed by atoms with Crippen LogP contribution in [-0.4, -0.2) is 45.6 Å². The van der Waals surface area contributed by atoms with Crippen LogP contribution >= 0.6 is 23.3 Å². The Balaban J connectivity index is 1.93. The smallest absolute Gasteiger partial charge is 0.134 e. The maximum atomic E-state index is 4.22. The van der Waals surface area contributed by atoms with Crippen LogP contribution in [0.15, 0.2) is 0 Å². The minimum Gasteiger partial charge on any atom is -0.374 e. The molecule has 4 nitrogen and oxygen atoms in total. The molecule has 0 bridgehead atoms. The first-order chi connectivity index (χ1) is 7.90. The van der Waals surface area contributed by atoms with E-state index in [-0.39, 0.29) is 0 Å². The van der Waals surface area contributed by atoms with Crippen molar-refractivity contribution in [2.24, 2.45) is 0 Å². The molecule has 1 aromatic rings. The fourth-order valence-electron chi connectivity index (χ4n) is 1.77. The topological polar surface area (TPSA) is 41.1 Å². The molecule has 2 rings (SSSR count). The molecule has 0 saturated carbocycles. The molecule has 1 fully saturated rings. The van der Waals surface area contributed by atoms with Gasteiger partial charge in [0.2, 0.25) is 0 Å². The van der Waals surface area contributed by atoms with E-state index in [1.165, 1.54) is 42.5 Å². The van der Waals surface area contributed by atoms with Crippen LogP contribution in [0.2, 0.25) is 0 Å². The van der Waals surface area contributed by atoms with E-state index in [0.717, 1.165) is 23.8 Å². The van der Waals surface area contributed by atoms with Gasteiger partial charge in [-0.2, -0.15) is 11.8 Å². The molecule has 0 unspecified atom stereocenters. The van der Waals surface area contributed by atoms with Crippen molar-refractivity contribution in [3.63, 3.8) is 0 Å². The molecule has 16 heavy (non-hydrogen) atoms. The third-order valence-corrected chi connectivity index (χ3v) is 4.36. The Bertz CT molecular complexity index is 308. The minimum atomic E-state index is 0.937. The average molecular weight is 258 g/mol. The van der Waals surface area contributed by atoms with E-state index in [0.29, 0.717) is 0 Å². The summed E-state index contributed by atoms with van der Waals surface area (Å²) < 4.78 is 4.03. The zero-order valence-corrected chi connectivity index (χ0v) is 11.2. The minimum absolute atomic E-state index is 0.937. The number of nitrogens with one attached hydrogen (secondary N) is 1. The predicted octanol–water partition coefficient (Wildman–Crippen LogP) is 1.91. The average Bonchev–Trinajstić information content (AvgIpc) is 2.56. The van der Waals surface area contributed by atoms with Gasteiger partial charge in [0.15, 0.2) is 0 Å². The second-order valence-corrected chi connectivity index (χ2v) is 5.80. The van der Waals surface area contributed by atoms with Gasteiger partial charge in [0.1, 0.15) is 10.7 Å². The van der Waals surface area contributed by atoms with E-state index < -0.39 is 0 Å². The number of aromatic nitrogens is 2. The maximum Gasteiger partial charge on any atom is 0.134 e. The van der Waals surface area contributed by atoms with Gasteiger partial charge in [0.05, 0.1) is 0 Å². The first-order valence-electron chi connectivity index (χ1n) is 5.75. The van der Waals surface area contributed by atoms with Crippen LogP contribution in [0.5, 0.6) is 0 Å². The Kier molecular flexibility index (Phi) is 4.87. The van der Waals surface area contributed by atoms with Gasteiger partial charge in [-0.15, -0.1) is 5.10 Å². The molecule has 0 spiro atoms. The molecule has 0 radical (unpaired) electrons. The predicted molar refractivity (Wildman–Crippen MR) is 71.3 cm³/mol. The molecule has 1 aromatic heterocycles. The third kappa shape index (κ3) is 3.33. The highest BCUT2D eigenvalue weighted by molar-refractivity contribution is 7.99. The summed E-state index contributed by atoms with van der Waals surface area (Å²) in [4.78, 5) is 2.48. The molecule has 90 valence electrons. The van der Waals surface area contributed by atoms with E-state index in [9.17, 15) is 0 Å². The van der Waals surface area contributed by atoms with Gasteiger partial charge in [-0.3, -0.25) is 4.90 Å². The molecule has 2 heterocycles. The Morgan fingerprint density at radius 3 is 3.19 bits per heavy atom. The zero-order chi connectivity index (χ0) is 11.2. The largest absolute Gasteiger partial charge is 0.374 e. The van der Waals surface area contributed by atoms with Gasteiger partial charge in [-0.05, 0) is 25.6 Å². The van der Waals surface area contributed by atoms with Gasteiger partial charge < -0.3 is 5.32 Å². The number of rotatable bonds is 4. The molecular weight excluding hydrogens is 240 g/mol. The van der Waals surface area contributed by atoms with Crippen LogP contribution in [0.25, 0.3) is 0 Å². The Morgan fingerprint density at radius 2 is 2.31 bits per heavy atom. The van der Waals surface area contributed by atoms with Crippen molar-refractivity contribution in [1.29, 1.82) is 0 Å². The third-order valence-electron chi connectivity index (χ3n) is 2.58. The Labute approximate surface area is 105 Å². The number of nitrogens with zero attached hydrogens (tertiary/aromatic N) is 3. The summed E-state index contributed by atoms with van der Waals surface area (Å²) in [5.74, 6) is 2.54. The molecular formula is C10H18N4S2. The molecule has 6 heteroatoms. The molecule has 0 aromatic carbocycles. The highest BCUT2D eigenvalue weighted by Gasteiger charge is 2.14. The van der Waals surface area contributed by atoms with Crippen LogP contribution in [-0.2, 0) is 6.54 Å². The molecule has 0 aliphatic carbocycles. The van der Waals surface area contributed by atoms with Gasteiger partial charge in [0, 0.05) is 36.9 Å². The van der Waals surface area contributed by atoms with Crippen LogP contribution in [0, 0.1) is 0 Å². The molecule has 1 saturated heterocycles. The lowest BCUT2D eigenvalue weighted by Gasteiger charge is -2.18. The van der Waals surface area contributed by atoms with Crippen molar-refractivity contribution in [2.75, 3.05) is 36.5 Å². The summed E-state index contributed by atoms with van der Waals surface area (Å²) in [5, 5.41) is 8.68. The second kappa shape index (κ2) is 6.42. The van der Waals surface area contributed by atoms with Crippen LogP contribution in [0.4, 0.5) is 5.00 Å². The Morgan fingerprint density at radius 1 is 1.38 bits per heavy atom. The van der Waals surface area contributed by atoms with E-state index in [1.807, 2.05) is 0 Å². The Hall–Kier alpha value is -0.330. The van der Waals surface area contributed by atoms with Crippen molar-refractivity contribution in [2.45, 2.75) is 19.9 Å². The zero-order valence-electron chi connectivity index (χ0n) is 9.61. The highest BCUT2D eigenvalue weighted by atomic mass is 32.2. The van der Waals surface area contributed by atoms with Crippen molar-refractivity contribution in [1.82, 2.24) is 14.5 Å². The summed E-state index contributed by atoms with van der Waals surface area (Å²) in [6, 6.07) is 0. The second-order valence-electron chi connectivity index (χ2n) is 3.82. The first-order valence-corrected chi connectivity index (χ1v) is 7.68.